The average Bonchev–Trinajstić information content (AvgIpc) is 2.42. The lowest BCUT2D eigenvalue weighted by Crippen LogP contribution is -2.69. The fraction of sp³-hybridized carbons (Fsp3) is 1.00. The van der Waals surface area contributed by atoms with Crippen LogP contribution in [-0.2, 0) is 0 Å². The van der Waals surface area contributed by atoms with E-state index in [1.54, 1.807) is 0 Å². The fourth-order valence-corrected chi connectivity index (χ4v) is 3.30. The molecule has 2 rings (SSSR count). The molecule has 0 aromatic carbocycles. The summed E-state index contributed by atoms with van der Waals surface area (Å²) < 4.78 is 0. The summed E-state index contributed by atoms with van der Waals surface area (Å²) in [7, 11) is 0. The molecule has 2 aliphatic rings. The number of likely N-dealkylation sites (tertiary alicyclic amines) is 1. The van der Waals surface area contributed by atoms with Crippen molar-refractivity contribution in [1.82, 2.24) is 4.90 Å². The highest BCUT2D eigenvalue weighted by Crippen LogP contribution is 2.30. The Labute approximate surface area is 94.2 Å². The van der Waals surface area contributed by atoms with Crippen molar-refractivity contribution in [1.29, 1.82) is 0 Å². The summed E-state index contributed by atoms with van der Waals surface area (Å²) in [5.41, 5.74) is 6.48. The Morgan fingerprint density at radius 2 is 1.73 bits per heavy atom. The van der Waals surface area contributed by atoms with Crippen LogP contribution in [0.1, 0.15) is 58.3 Å². The lowest BCUT2D eigenvalue weighted by molar-refractivity contribution is 0.0179. The van der Waals surface area contributed by atoms with Gasteiger partial charge in [0.05, 0.1) is 0 Å². The lowest BCUT2D eigenvalue weighted by atomic mass is 9.84. The first-order valence-electron chi connectivity index (χ1n) is 6.76. The topological polar surface area (TPSA) is 29.3 Å². The van der Waals surface area contributed by atoms with E-state index in [-0.39, 0.29) is 5.54 Å². The van der Waals surface area contributed by atoms with Crippen LogP contribution in [-0.4, -0.2) is 29.6 Å². The second kappa shape index (κ2) is 4.84. The van der Waals surface area contributed by atoms with Crippen LogP contribution in [0.5, 0.6) is 0 Å². The molecule has 88 valence electrons. The van der Waals surface area contributed by atoms with Crippen LogP contribution in [0.2, 0.25) is 0 Å². The van der Waals surface area contributed by atoms with E-state index in [0.717, 1.165) is 19.1 Å². The summed E-state index contributed by atoms with van der Waals surface area (Å²) in [6, 6.07) is 0.862. The van der Waals surface area contributed by atoms with Crippen LogP contribution in [0.3, 0.4) is 0 Å². The smallest absolute Gasteiger partial charge is 0.0412 e. The summed E-state index contributed by atoms with van der Waals surface area (Å²) in [6.07, 6.45) is 11.1. The molecule has 0 aromatic rings. The Hall–Kier alpha value is -0.0800. The van der Waals surface area contributed by atoms with Crippen LogP contribution in [0.25, 0.3) is 0 Å². The third-order valence-corrected chi connectivity index (χ3v) is 4.12. The lowest BCUT2D eigenvalue weighted by Gasteiger charge is -2.51. The molecule has 0 unspecified atom stereocenters. The van der Waals surface area contributed by atoms with Crippen molar-refractivity contribution in [2.24, 2.45) is 5.73 Å². The Morgan fingerprint density at radius 3 is 2.27 bits per heavy atom. The van der Waals surface area contributed by atoms with Crippen molar-refractivity contribution < 1.29 is 0 Å². The Morgan fingerprint density at radius 1 is 1.13 bits per heavy atom. The minimum atomic E-state index is 0.168. The molecule has 2 heteroatoms. The first kappa shape index (κ1) is 11.4. The van der Waals surface area contributed by atoms with Crippen molar-refractivity contribution in [3.05, 3.63) is 0 Å². The van der Waals surface area contributed by atoms with Crippen LogP contribution >= 0.6 is 0 Å². The molecular weight excluding hydrogens is 184 g/mol. The number of hydrogen-bond donors (Lipinski definition) is 1. The van der Waals surface area contributed by atoms with E-state index in [1.807, 2.05) is 0 Å². The zero-order valence-corrected chi connectivity index (χ0v) is 10.2. The highest BCUT2D eigenvalue weighted by Gasteiger charge is 2.41. The van der Waals surface area contributed by atoms with Crippen molar-refractivity contribution in [2.75, 3.05) is 13.1 Å². The van der Waals surface area contributed by atoms with Gasteiger partial charge >= 0.3 is 0 Å². The maximum Gasteiger partial charge on any atom is 0.0412 e. The quantitative estimate of drug-likeness (QED) is 0.725. The highest BCUT2D eigenvalue weighted by molar-refractivity contribution is 5.01. The standard InChI is InChI=1S/C13H26N2/c1-2-9-13(14)10-15(11-13)12-7-5-3-4-6-8-12/h12H,2-11,14H2,1H3. The zero-order chi connectivity index (χ0) is 10.7. The monoisotopic (exact) mass is 210 g/mol. The molecule has 1 aliphatic carbocycles. The highest BCUT2D eigenvalue weighted by atomic mass is 15.3. The van der Waals surface area contributed by atoms with Gasteiger partial charge in [-0.3, -0.25) is 4.90 Å². The fourth-order valence-electron chi connectivity index (χ4n) is 3.30. The molecule has 2 nitrogen and oxygen atoms in total. The maximum absolute atomic E-state index is 6.31. The zero-order valence-electron chi connectivity index (χ0n) is 10.2. The molecular formula is C13H26N2. The molecule has 0 bridgehead atoms. The molecule has 1 saturated carbocycles. The maximum atomic E-state index is 6.31. The molecule has 1 heterocycles. The number of nitrogens with two attached hydrogens (primary N) is 1. The van der Waals surface area contributed by atoms with Crippen LogP contribution in [0.15, 0.2) is 0 Å². The third kappa shape index (κ3) is 2.73. The average molecular weight is 210 g/mol. The van der Waals surface area contributed by atoms with Gasteiger partial charge < -0.3 is 5.73 Å². The van der Waals surface area contributed by atoms with Crippen LogP contribution < -0.4 is 5.73 Å². The van der Waals surface area contributed by atoms with Gasteiger partial charge in [-0.25, -0.2) is 0 Å². The molecule has 15 heavy (non-hydrogen) atoms. The van der Waals surface area contributed by atoms with Crippen LogP contribution in [0.4, 0.5) is 0 Å². The Bertz CT molecular complexity index is 189. The van der Waals surface area contributed by atoms with E-state index in [0.29, 0.717) is 0 Å². The number of hydrogen-bond acceptors (Lipinski definition) is 2. The predicted octanol–water partition coefficient (Wildman–Crippen LogP) is 2.52. The van der Waals surface area contributed by atoms with Gasteiger partial charge in [0.1, 0.15) is 0 Å². The van der Waals surface area contributed by atoms with Gasteiger partial charge in [-0.15, -0.1) is 0 Å². The van der Waals surface area contributed by atoms with Crippen molar-refractivity contribution in [3.63, 3.8) is 0 Å². The first-order chi connectivity index (χ1) is 7.23. The van der Waals surface area contributed by atoms with E-state index >= 15 is 0 Å². The molecule has 1 saturated heterocycles. The third-order valence-electron chi connectivity index (χ3n) is 4.12. The van der Waals surface area contributed by atoms with E-state index in [9.17, 15) is 0 Å². The van der Waals surface area contributed by atoms with Crippen LogP contribution in [0, 0.1) is 0 Å². The molecule has 0 aromatic heterocycles. The second-order valence-corrected chi connectivity index (χ2v) is 5.66. The van der Waals surface area contributed by atoms with E-state index in [1.165, 1.54) is 51.4 Å². The van der Waals surface area contributed by atoms with Gasteiger partial charge in [0.15, 0.2) is 0 Å². The molecule has 1 aliphatic heterocycles. The van der Waals surface area contributed by atoms with Crippen molar-refractivity contribution in [3.8, 4) is 0 Å². The van der Waals surface area contributed by atoms with E-state index in [4.69, 9.17) is 5.73 Å². The Kier molecular flexibility index (Phi) is 3.68. The minimum Gasteiger partial charge on any atom is -0.323 e. The second-order valence-electron chi connectivity index (χ2n) is 5.66. The molecule has 2 N–H and O–H groups in total. The molecule has 0 spiro atoms. The summed E-state index contributed by atoms with van der Waals surface area (Å²) in [4.78, 5) is 2.64. The summed E-state index contributed by atoms with van der Waals surface area (Å²) in [6.45, 7) is 4.56. The van der Waals surface area contributed by atoms with Crippen molar-refractivity contribution >= 4 is 0 Å². The van der Waals surface area contributed by atoms with E-state index < -0.39 is 0 Å². The Balaban J connectivity index is 1.77. The predicted molar refractivity (Wildman–Crippen MR) is 64.9 cm³/mol. The largest absolute Gasteiger partial charge is 0.323 e. The number of rotatable bonds is 3. The van der Waals surface area contributed by atoms with Crippen molar-refractivity contribution in [2.45, 2.75) is 69.9 Å². The minimum absolute atomic E-state index is 0.168. The van der Waals surface area contributed by atoms with Gasteiger partial charge in [-0.05, 0) is 19.3 Å². The summed E-state index contributed by atoms with van der Waals surface area (Å²) in [5.74, 6) is 0. The van der Waals surface area contributed by atoms with E-state index in [2.05, 4.69) is 11.8 Å². The molecule has 0 radical (unpaired) electrons. The SMILES string of the molecule is CCCC1(N)CN(C2CCCCCC2)C1. The van der Waals surface area contributed by atoms with Gasteiger partial charge in [0, 0.05) is 24.7 Å². The van der Waals surface area contributed by atoms with Gasteiger partial charge in [0.25, 0.3) is 0 Å². The first-order valence-corrected chi connectivity index (χ1v) is 6.76. The normalized spacial score (nSPS) is 28.4. The number of nitrogens with zero attached hydrogens (tertiary/aromatic N) is 1. The summed E-state index contributed by atoms with van der Waals surface area (Å²) in [5, 5.41) is 0. The molecule has 0 amide bonds. The van der Waals surface area contributed by atoms with Gasteiger partial charge in [-0.1, -0.05) is 39.0 Å². The van der Waals surface area contributed by atoms with Gasteiger partial charge in [0.2, 0.25) is 0 Å². The molecule has 2 fully saturated rings. The van der Waals surface area contributed by atoms with Gasteiger partial charge in [-0.2, -0.15) is 0 Å². The summed E-state index contributed by atoms with van der Waals surface area (Å²) >= 11 is 0. The molecule has 0 atom stereocenters.